The average molecular weight is 447 g/mol. The highest BCUT2D eigenvalue weighted by atomic mass is 35.5. The summed E-state index contributed by atoms with van der Waals surface area (Å²) in [6, 6.07) is 17.3. The number of carbonyl (C=O) groups excluding carboxylic acids is 2. The number of pyridine rings is 1. The highest BCUT2D eigenvalue weighted by Crippen LogP contribution is 2.41. The normalized spacial score (nSPS) is 17.9. The molecule has 4 rings (SSSR count). The lowest BCUT2D eigenvalue weighted by molar-refractivity contribution is -0.132. The summed E-state index contributed by atoms with van der Waals surface area (Å²) >= 11 is 5.97. The van der Waals surface area contributed by atoms with Gasteiger partial charge in [0.1, 0.15) is 11.6 Å². The van der Waals surface area contributed by atoms with Gasteiger partial charge in [-0.05, 0) is 36.1 Å². The molecule has 0 radical (unpaired) electrons. The minimum atomic E-state index is -0.814. The molecule has 1 aromatic heterocycles. The van der Waals surface area contributed by atoms with E-state index < -0.39 is 17.7 Å². The number of anilines is 1. The maximum absolute atomic E-state index is 13.1. The molecule has 1 saturated heterocycles. The molecule has 1 fully saturated rings. The Morgan fingerprint density at radius 2 is 1.66 bits per heavy atom. The second-order valence-corrected chi connectivity index (χ2v) is 8.63. The van der Waals surface area contributed by atoms with Gasteiger partial charge in [-0.3, -0.25) is 14.5 Å². The maximum Gasteiger partial charge on any atom is 0.301 e. The number of rotatable bonds is 4. The van der Waals surface area contributed by atoms with E-state index in [9.17, 15) is 14.7 Å². The first-order valence-corrected chi connectivity index (χ1v) is 10.7. The number of nitrogens with zero attached hydrogens (tertiary/aromatic N) is 2. The van der Waals surface area contributed by atoms with Crippen molar-refractivity contribution in [2.75, 3.05) is 4.90 Å². The summed E-state index contributed by atoms with van der Waals surface area (Å²) in [4.78, 5) is 31.8. The molecular weight excluding hydrogens is 424 g/mol. The Bertz CT molecular complexity index is 1200. The van der Waals surface area contributed by atoms with Gasteiger partial charge in [-0.25, -0.2) is 4.98 Å². The van der Waals surface area contributed by atoms with E-state index in [4.69, 9.17) is 11.6 Å². The van der Waals surface area contributed by atoms with Gasteiger partial charge in [-0.1, -0.05) is 79.5 Å². The largest absolute Gasteiger partial charge is 0.507 e. The van der Waals surface area contributed by atoms with Gasteiger partial charge in [0.15, 0.2) is 0 Å². The number of hydrogen-bond acceptors (Lipinski definition) is 4. The van der Waals surface area contributed by atoms with Crippen molar-refractivity contribution >= 4 is 34.9 Å². The number of aliphatic hydroxyl groups is 1. The van der Waals surface area contributed by atoms with Crippen LogP contribution in [0.15, 0.2) is 72.4 Å². The quantitative estimate of drug-likeness (QED) is 0.312. The van der Waals surface area contributed by atoms with Crippen LogP contribution in [0.5, 0.6) is 0 Å². The van der Waals surface area contributed by atoms with Crippen molar-refractivity contribution in [1.29, 1.82) is 0 Å². The SMILES string of the molecule is Cc1ccc(C(O)=C2C(=O)C(=O)N(c3ccc(Cl)cn3)C2c2ccc(C(C)C)cc2)cc1. The van der Waals surface area contributed by atoms with Crippen LogP contribution in [0.3, 0.4) is 0 Å². The van der Waals surface area contributed by atoms with E-state index in [1.807, 2.05) is 43.3 Å². The summed E-state index contributed by atoms with van der Waals surface area (Å²) in [6.07, 6.45) is 1.43. The molecule has 1 amide bonds. The highest BCUT2D eigenvalue weighted by Gasteiger charge is 2.47. The number of amides is 1. The van der Waals surface area contributed by atoms with Crippen molar-refractivity contribution in [1.82, 2.24) is 4.98 Å². The van der Waals surface area contributed by atoms with Crippen LogP contribution in [0.1, 0.15) is 48.1 Å². The van der Waals surface area contributed by atoms with Crippen LogP contribution in [0.4, 0.5) is 5.82 Å². The molecule has 2 heterocycles. The summed E-state index contributed by atoms with van der Waals surface area (Å²) in [7, 11) is 0. The zero-order valence-electron chi connectivity index (χ0n) is 18.0. The third kappa shape index (κ3) is 3.92. The predicted octanol–water partition coefficient (Wildman–Crippen LogP) is 5.79. The van der Waals surface area contributed by atoms with E-state index in [0.29, 0.717) is 22.1 Å². The minimum Gasteiger partial charge on any atom is -0.507 e. The summed E-state index contributed by atoms with van der Waals surface area (Å²) in [5.41, 5.74) is 3.37. The molecular formula is C26H23ClN2O3. The van der Waals surface area contributed by atoms with Crippen LogP contribution in [-0.4, -0.2) is 21.8 Å². The predicted molar refractivity (Wildman–Crippen MR) is 126 cm³/mol. The molecule has 0 bridgehead atoms. The maximum atomic E-state index is 13.1. The topological polar surface area (TPSA) is 70.5 Å². The fourth-order valence-electron chi connectivity index (χ4n) is 3.82. The average Bonchev–Trinajstić information content (AvgIpc) is 3.05. The van der Waals surface area contributed by atoms with E-state index >= 15 is 0 Å². The molecule has 1 aliphatic heterocycles. The fourth-order valence-corrected chi connectivity index (χ4v) is 3.94. The zero-order chi connectivity index (χ0) is 23.0. The second kappa shape index (κ2) is 8.60. The van der Waals surface area contributed by atoms with E-state index in [1.165, 1.54) is 11.1 Å². The van der Waals surface area contributed by atoms with E-state index in [0.717, 1.165) is 11.1 Å². The summed E-state index contributed by atoms with van der Waals surface area (Å²) in [5, 5.41) is 11.5. The Morgan fingerprint density at radius 1 is 1.00 bits per heavy atom. The summed E-state index contributed by atoms with van der Waals surface area (Å²) < 4.78 is 0. The van der Waals surface area contributed by atoms with Gasteiger partial charge >= 0.3 is 5.91 Å². The van der Waals surface area contributed by atoms with Gasteiger partial charge in [0.25, 0.3) is 5.78 Å². The fraction of sp³-hybridized carbons (Fsp3) is 0.192. The Kier molecular flexibility index (Phi) is 5.85. The van der Waals surface area contributed by atoms with E-state index in [2.05, 4.69) is 18.8 Å². The van der Waals surface area contributed by atoms with Crippen LogP contribution in [0.2, 0.25) is 5.02 Å². The molecule has 0 spiro atoms. The van der Waals surface area contributed by atoms with Crippen molar-refractivity contribution in [3.8, 4) is 0 Å². The molecule has 0 saturated carbocycles. The first-order chi connectivity index (χ1) is 15.3. The molecule has 32 heavy (non-hydrogen) atoms. The van der Waals surface area contributed by atoms with Crippen molar-refractivity contribution in [2.45, 2.75) is 32.7 Å². The zero-order valence-corrected chi connectivity index (χ0v) is 18.8. The first-order valence-electron chi connectivity index (χ1n) is 10.4. The number of aliphatic hydroxyl groups excluding tert-OH is 1. The molecule has 2 aromatic carbocycles. The second-order valence-electron chi connectivity index (χ2n) is 8.19. The van der Waals surface area contributed by atoms with Crippen LogP contribution < -0.4 is 4.90 Å². The third-order valence-electron chi connectivity index (χ3n) is 5.65. The number of aryl methyl sites for hydroxylation is 1. The lowest BCUT2D eigenvalue weighted by atomic mass is 9.93. The number of benzene rings is 2. The van der Waals surface area contributed by atoms with E-state index in [-0.39, 0.29) is 17.2 Å². The Morgan fingerprint density at radius 3 is 2.22 bits per heavy atom. The molecule has 5 nitrogen and oxygen atoms in total. The van der Waals surface area contributed by atoms with Gasteiger partial charge in [0.05, 0.1) is 16.6 Å². The van der Waals surface area contributed by atoms with Crippen LogP contribution >= 0.6 is 11.6 Å². The van der Waals surface area contributed by atoms with Crippen LogP contribution in [0.25, 0.3) is 5.76 Å². The first kappa shape index (κ1) is 21.8. The van der Waals surface area contributed by atoms with Gasteiger partial charge in [0, 0.05) is 11.8 Å². The summed E-state index contributed by atoms with van der Waals surface area (Å²) in [6.45, 7) is 6.12. The monoisotopic (exact) mass is 446 g/mol. The number of hydrogen-bond donors (Lipinski definition) is 1. The van der Waals surface area contributed by atoms with Crippen molar-refractivity contribution in [2.24, 2.45) is 0 Å². The number of aromatic nitrogens is 1. The smallest absolute Gasteiger partial charge is 0.301 e. The van der Waals surface area contributed by atoms with Gasteiger partial charge in [0.2, 0.25) is 0 Å². The van der Waals surface area contributed by atoms with Gasteiger partial charge in [-0.2, -0.15) is 0 Å². The highest BCUT2D eigenvalue weighted by molar-refractivity contribution is 6.51. The molecule has 1 aliphatic rings. The summed E-state index contributed by atoms with van der Waals surface area (Å²) in [5.74, 6) is -1.08. The van der Waals surface area contributed by atoms with Crippen molar-refractivity contribution in [3.63, 3.8) is 0 Å². The molecule has 1 N–H and O–H groups in total. The number of carbonyl (C=O) groups is 2. The number of Topliss-reactive ketones (excluding diaryl/α,β-unsaturated/α-hetero) is 1. The third-order valence-corrected chi connectivity index (χ3v) is 5.87. The van der Waals surface area contributed by atoms with Crippen LogP contribution in [-0.2, 0) is 9.59 Å². The molecule has 162 valence electrons. The molecule has 1 atom stereocenters. The molecule has 3 aromatic rings. The number of halogens is 1. The minimum absolute atomic E-state index is 0.0351. The Balaban J connectivity index is 1.91. The lowest BCUT2D eigenvalue weighted by Gasteiger charge is -2.25. The van der Waals surface area contributed by atoms with E-state index in [1.54, 1.807) is 24.3 Å². The molecule has 0 aliphatic carbocycles. The van der Waals surface area contributed by atoms with Gasteiger partial charge < -0.3 is 5.11 Å². The number of ketones is 1. The molecule has 1 unspecified atom stereocenters. The van der Waals surface area contributed by atoms with Crippen molar-refractivity contribution in [3.05, 3.63) is 99.7 Å². The lowest BCUT2D eigenvalue weighted by Crippen LogP contribution is -2.30. The Labute approximate surface area is 192 Å². The van der Waals surface area contributed by atoms with Gasteiger partial charge in [-0.15, -0.1) is 0 Å². The van der Waals surface area contributed by atoms with Crippen molar-refractivity contribution < 1.29 is 14.7 Å². The van der Waals surface area contributed by atoms with Crippen LogP contribution in [0, 0.1) is 6.92 Å². The molecule has 6 heteroatoms. The standard InChI is InChI=1S/C26H23ClN2O3/c1-15(2)17-8-10-18(11-9-17)23-22(24(30)19-6-4-16(3)5-7-19)25(31)26(32)29(23)21-13-12-20(27)14-28-21/h4-15,23,30H,1-3H3. The Hall–Kier alpha value is -3.44.